The molecule has 0 saturated carbocycles. The van der Waals surface area contributed by atoms with Gasteiger partial charge in [0.25, 0.3) is 5.91 Å². The number of nitrogen functional groups attached to an aromatic ring is 1. The first-order valence-corrected chi connectivity index (χ1v) is 6.09. The minimum atomic E-state index is -0.302. The van der Waals surface area contributed by atoms with Crippen molar-refractivity contribution in [1.82, 2.24) is 9.97 Å². The van der Waals surface area contributed by atoms with Crippen LogP contribution in [0.3, 0.4) is 0 Å². The molecule has 0 saturated heterocycles. The Kier molecular flexibility index (Phi) is 3.75. The van der Waals surface area contributed by atoms with Crippen molar-refractivity contribution in [2.24, 2.45) is 0 Å². The zero-order chi connectivity index (χ0) is 13.8. The molecular weight excluding hydrogens is 240 g/mol. The third-order valence-electron chi connectivity index (χ3n) is 2.86. The lowest BCUT2D eigenvalue weighted by Gasteiger charge is -2.12. The molecule has 0 aliphatic carbocycles. The number of hydrogen-bond acceptors (Lipinski definition) is 4. The summed E-state index contributed by atoms with van der Waals surface area (Å²) in [4.78, 5) is 19.9. The van der Waals surface area contributed by atoms with Crippen LogP contribution in [-0.4, -0.2) is 15.9 Å². The van der Waals surface area contributed by atoms with Gasteiger partial charge in [0.05, 0.1) is 12.4 Å². The Morgan fingerprint density at radius 3 is 2.84 bits per heavy atom. The zero-order valence-electron chi connectivity index (χ0n) is 11.0. The maximum atomic E-state index is 12.1. The number of nitrogens with zero attached hydrogens (tertiary/aromatic N) is 2. The second-order valence-corrected chi connectivity index (χ2v) is 4.25. The van der Waals surface area contributed by atoms with E-state index < -0.39 is 0 Å². The number of nitrogens with one attached hydrogen (secondary N) is 1. The van der Waals surface area contributed by atoms with Crippen molar-refractivity contribution >= 4 is 17.4 Å². The van der Waals surface area contributed by atoms with Gasteiger partial charge in [0.15, 0.2) is 0 Å². The highest BCUT2D eigenvalue weighted by atomic mass is 16.1. The minimum Gasteiger partial charge on any atom is -0.382 e. The monoisotopic (exact) mass is 256 g/mol. The SMILES string of the molecule is CCc1cccc(C)c1NC(=O)c1cncc(N)n1. The molecule has 0 unspecified atom stereocenters. The largest absolute Gasteiger partial charge is 0.382 e. The summed E-state index contributed by atoms with van der Waals surface area (Å²) in [5.74, 6) is -0.0723. The summed E-state index contributed by atoms with van der Waals surface area (Å²) in [6, 6.07) is 5.93. The van der Waals surface area contributed by atoms with Gasteiger partial charge in [0.2, 0.25) is 0 Å². The van der Waals surface area contributed by atoms with E-state index in [1.165, 1.54) is 12.4 Å². The maximum absolute atomic E-state index is 12.1. The summed E-state index contributed by atoms with van der Waals surface area (Å²) in [5.41, 5.74) is 8.67. The van der Waals surface area contributed by atoms with Crippen LogP contribution in [0.15, 0.2) is 30.6 Å². The van der Waals surface area contributed by atoms with Gasteiger partial charge in [-0.15, -0.1) is 0 Å². The molecule has 1 heterocycles. The van der Waals surface area contributed by atoms with Crippen molar-refractivity contribution in [3.63, 3.8) is 0 Å². The summed E-state index contributed by atoms with van der Waals surface area (Å²) in [7, 11) is 0. The molecule has 98 valence electrons. The van der Waals surface area contributed by atoms with E-state index in [1.807, 2.05) is 32.0 Å². The van der Waals surface area contributed by atoms with E-state index in [0.717, 1.165) is 23.2 Å². The summed E-state index contributed by atoms with van der Waals surface area (Å²) >= 11 is 0. The van der Waals surface area contributed by atoms with Gasteiger partial charge in [-0.05, 0) is 24.5 Å². The van der Waals surface area contributed by atoms with Gasteiger partial charge < -0.3 is 11.1 Å². The number of benzene rings is 1. The first-order valence-electron chi connectivity index (χ1n) is 6.09. The lowest BCUT2D eigenvalue weighted by atomic mass is 10.1. The minimum absolute atomic E-state index is 0.213. The molecule has 1 aromatic carbocycles. The molecule has 2 rings (SSSR count). The van der Waals surface area contributed by atoms with Gasteiger partial charge in [-0.3, -0.25) is 9.78 Å². The van der Waals surface area contributed by atoms with E-state index in [9.17, 15) is 4.79 Å². The fourth-order valence-electron chi connectivity index (χ4n) is 1.87. The van der Waals surface area contributed by atoms with Crippen LogP contribution in [0.2, 0.25) is 0 Å². The molecule has 3 N–H and O–H groups in total. The molecule has 0 aliphatic rings. The zero-order valence-corrected chi connectivity index (χ0v) is 11.0. The molecule has 5 heteroatoms. The Morgan fingerprint density at radius 1 is 1.37 bits per heavy atom. The second-order valence-electron chi connectivity index (χ2n) is 4.25. The fraction of sp³-hybridized carbons (Fsp3) is 0.214. The van der Waals surface area contributed by atoms with Gasteiger partial charge in [-0.25, -0.2) is 4.98 Å². The van der Waals surface area contributed by atoms with Gasteiger partial charge >= 0.3 is 0 Å². The van der Waals surface area contributed by atoms with E-state index in [4.69, 9.17) is 5.73 Å². The summed E-state index contributed by atoms with van der Waals surface area (Å²) in [6.45, 7) is 4.00. The Bertz CT molecular complexity index is 610. The van der Waals surface area contributed by atoms with E-state index in [-0.39, 0.29) is 17.4 Å². The van der Waals surface area contributed by atoms with E-state index in [1.54, 1.807) is 0 Å². The summed E-state index contributed by atoms with van der Waals surface area (Å²) in [6.07, 6.45) is 3.65. The van der Waals surface area contributed by atoms with Crippen LogP contribution in [0.25, 0.3) is 0 Å². The van der Waals surface area contributed by atoms with Crippen LogP contribution in [-0.2, 0) is 6.42 Å². The molecule has 0 fully saturated rings. The average Bonchev–Trinajstić information content (AvgIpc) is 2.41. The molecule has 5 nitrogen and oxygen atoms in total. The molecule has 0 atom stereocenters. The number of carbonyl (C=O) groups excluding carboxylic acids is 1. The molecular formula is C14H16N4O. The third-order valence-corrected chi connectivity index (χ3v) is 2.86. The van der Waals surface area contributed by atoms with Gasteiger partial charge in [0, 0.05) is 5.69 Å². The predicted octanol–water partition coefficient (Wildman–Crippen LogP) is 2.18. The van der Waals surface area contributed by atoms with Crippen molar-refractivity contribution < 1.29 is 4.79 Å². The first kappa shape index (κ1) is 13.0. The third kappa shape index (κ3) is 2.88. The van der Waals surface area contributed by atoms with E-state index >= 15 is 0 Å². The number of rotatable bonds is 3. The molecule has 19 heavy (non-hydrogen) atoms. The molecule has 0 bridgehead atoms. The number of hydrogen-bond donors (Lipinski definition) is 2. The number of para-hydroxylation sites is 1. The number of amides is 1. The first-order chi connectivity index (χ1) is 9.11. The smallest absolute Gasteiger partial charge is 0.275 e. The van der Waals surface area contributed by atoms with Crippen molar-refractivity contribution in [2.75, 3.05) is 11.1 Å². The Balaban J connectivity index is 2.29. The van der Waals surface area contributed by atoms with Crippen LogP contribution in [0.5, 0.6) is 0 Å². The highest BCUT2D eigenvalue weighted by Gasteiger charge is 2.12. The molecule has 0 radical (unpaired) electrons. The standard InChI is InChI=1S/C14H16N4O/c1-3-10-6-4-5-9(2)13(10)18-14(19)11-7-16-8-12(15)17-11/h4-8H,3H2,1-2H3,(H2,15,17)(H,18,19). The highest BCUT2D eigenvalue weighted by Crippen LogP contribution is 2.21. The number of carbonyl (C=O) groups is 1. The Labute approximate surface area is 111 Å². The van der Waals surface area contributed by atoms with Crippen LogP contribution in [0.4, 0.5) is 11.5 Å². The average molecular weight is 256 g/mol. The normalized spacial score (nSPS) is 10.2. The molecule has 0 spiro atoms. The summed E-state index contributed by atoms with van der Waals surface area (Å²) in [5, 5.41) is 2.88. The van der Waals surface area contributed by atoms with Crippen LogP contribution < -0.4 is 11.1 Å². The van der Waals surface area contributed by atoms with E-state index in [2.05, 4.69) is 15.3 Å². The summed E-state index contributed by atoms with van der Waals surface area (Å²) < 4.78 is 0. The molecule has 0 aliphatic heterocycles. The van der Waals surface area contributed by atoms with Crippen molar-refractivity contribution in [1.29, 1.82) is 0 Å². The van der Waals surface area contributed by atoms with Gasteiger partial charge in [-0.1, -0.05) is 25.1 Å². The molecule has 1 amide bonds. The topological polar surface area (TPSA) is 80.9 Å². The predicted molar refractivity (Wildman–Crippen MR) is 75.0 cm³/mol. The number of anilines is 2. The Hall–Kier alpha value is -2.43. The van der Waals surface area contributed by atoms with Crippen LogP contribution in [0.1, 0.15) is 28.5 Å². The number of aromatic nitrogens is 2. The Morgan fingerprint density at radius 2 is 2.16 bits per heavy atom. The molecule has 1 aromatic heterocycles. The number of nitrogens with two attached hydrogens (primary N) is 1. The fourth-order valence-corrected chi connectivity index (χ4v) is 1.87. The van der Waals surface area contributed by atoms with Crippen molar-refractivity contribution in [3.8, 4) is 0 Å². The molecule has 2 aromatic rings. The maximum Gasteiger partial charge on any atom is 0.275 e. The van der Waals surface area contributed by atoms with Crippen molar-refractivity contribution in [3.05, 3.63) is 47.4 Å². The van der Waals surface area contributed by atoms with Crippen LogP contribution >= 0.6 is 0 Å². The highest BCUT2D eigenvalue weighted by molar-refractivity contribution is 6.03. The quantitative estimate of drug-likeness (QED) is 0.882. The lowest BCUT2D eigenvalue weighted by molar-refractivity contribution is 0.102. The van der Waals surface area contributed by atoms with Gasteiger partial charge in [0.1, 0.15) is 11.5 Å². The lowest BCUT2D eigenvalue weighted by Crippen LogP contribution is -2.16. The second kappa shape index (κ2) is 5.48. The number of aryl methyl sites for hydroxylation is 2. The van der Waals surface area contributed by atoms with Gasteiger partial charge in [-0.2, -0.15) is 0 Å². The van der Waals surface area contributed by atoms with Crippen LogP contribution in [0, 0.1) is 6.92 Å². The van der Waals surface area contributed by atoms with Crippen molar-refractivity contribution in [2.45, 2.75) is 20.3 Å². The van der Waals surface area contributed by atoms with E-state index in [0.29, 0.717) is 0 Å².